The van der Waals surface area contributed by atoms with Gasteiger partial charge in [-0.3, -0.25) is 4.57 Å². The maximum Gasteiger partial charge on any atom is 0.179 e. The van der Waals surface area contributed by atoms with Gasteiger partial charge in [-0.25, -0.2) is 4.98 Å². The Bertz CT molecular complexity index is 597. The molecular formula is C14H21N3S. The molecule has 2 atom stereocenters. The molecule has 0 aliphatic heterocycles. The standard InChI is InChI=1S/C14H21N3S/c1-5-9(2)8-11(4)17-13-12(16-14(17)18)10(3)6-7-15-13/h6-7,9,11H,5,8H2,1-4H3,(H,16,18). The van der Waals surface area contributed by atoms with Crippen LogP contribution < -0.4 is 0 Å². The topological polar surface area (TPSA) is 33.6 Å². The van der Waals surface area contributed by atoms with Crippen molar-refractivity contribution >= 4 is 23.4 Å². The molecule has 2 rings (SSSR count). The van der Waals surface area contributed by atoms with Crippen LogP contribution in [0.15, 0.2) is 12.3 Å². The lowest BCUT2D eigenvalue weighted by molar-refractivity contribution is 0.401. The SMILES string of the molecule is CCC(C)CC(C)n1c(=S)[nH]c2c(C)ccnc21. The highest BCUT2D eigenvalue weighted by atomic mass is 32.1. The Morgan fingerprint density at radius 2 is 2.17 bits per heavy atom. The number of nitrogens with zero attached hydrogens (tertiary/aromatic N) is 2. The summed E-state index contributed by atoms with van der Waals surface area (Å²) >= 11 is 5.45. The van der Waals surface area contributed by atoms with Crippen LogP contribution in [-0.2, 0) is 0 Å². The summed E-state index contributed by atoms with van der Waals surface area (Å²) in [4.78, 5) is 7.76. The van der Waals surface area contributed by atoms with Gasteiger partial charge in [0, 0.05) is 12.2 Å². The molecule has 0 saturated heterocycles. The minimum atomic E-state index is 0.385. The maximum absolute atomic E-state index is 5.45. The van der Waals surface area contributed by atoms with E-state index in [1.54, 1.807) is 0 Å². The number of nitrogens with one attached hydrogen (secondary N) is 1. The van der Waals surface area contributed by atoms with E-state index in [0.717, 1.165) is 22.4 Å². The predicted octanol–water partition coefficient (Wildman–Crippen LogP) is 4.40. The zero-order valence-electron chi connectivity index (χ0n) is 11.5. The lowest BCUT2D eigenvalue weighted by Crippen LogP contribution is -2.09. The van der Waals surface area contributed by atoms with E-state index < -0.39 is 0 Å². The van der Waals surface area contributed by atoms with E-state index in [2.05, 4.69) is 42.2 Å². The normalized spacial score (nSPS) is 14.9. The predicted molar refractivity (Wildman–Crippen MR) is 78.4 cm³/mol. The third-order valence-electron chi connectivity index (χ3n) is 3.70. The second kappa shape index (κ2) is 5.22. The van der Waals surface area contributed by atoms with E-state index in [1.165, 1.54) is 12.0 Å². The van der Waals surface area contributed by atoms with E-state index in [-0.39, 0.29) is 0 Å². The fourth-order valence-electron chi connectivity index (χ4n) is 2.41. The van der Waals surface area contributed by atoms with Crippen LogP contribution in [-0.4, -0.2) is 14.5 Å². The second-order valence-corrected chi connectivity index (χ2v) is 5.61. The molecule has 98 valence electrons. The van der Waals surface area contributed by atoms with E-state index in [9.17, 15) is 0 Å². The van der Waals surface area contributed by atoms with Gasteiger partial charge >= 0.3 is 0 Å². The highest BCUT2D eigenvalue weighted by Crippen LogP contribution is 2.24. The van der Waals surface area contributed by atoms with Crippen molar-refractivity contribution in [2.75, 3.05) is 0 Å². The second-order valence-electron chi connectivity index (χ2n) is 5.22. The summed E-state index contributed by atoms with van der Waals surface area (Å²) in [6.45, 7) is 8.82. The number of fused-ring (bicyclic) bond motifs is 1. The number of aryl methyl sites for hydroxylation is 1. The molecule has 0 radical (unpaired) electrons. The summed E-state index contributed by atoms with van der Waals surface area (Å²) in [5, 5.41) is 0. The van der Waals surface area contributed by atoms with Gasteiger partial charge < -0.3 is 4.98 Å². The van der Waals surface area contributed by atoms with Crippen LogP contribution in [0.4, 0.5) is 0 Å². The third-order valence-corrected chi connectivity index (χ3v) is 4.00. The van der Waals surface area contributed by atoms with Crippen molar-refractivity contribution in [1.29, 1.82) is 0 Å². The molecule has 18 heavy (non-hydrogen) atoms. The van der Waals surface area contributed by atoms with Gasteiger partial charge in [-0.05, 0) is 50.0 Å². The van der Waals surface area contributed by atoms with Crippen LogP contribution in [0.3, 0.4) is 0 Å². The molecule has 0 fully saturated rings. The molecule has 2 aromatic rings. The van der Waals surface area contributed by atoms with Crippen molar-refractivity contribution in [3.05, 3.63) is 22.6 Å². The van der Waals surface area contributed by atoms with Crippen molar-refractivity contribution in [1.82, 2.24) is 14.5 Å². The van der Waals surface area contributed by atoms with Gasteiger partial charge in [0.1, 0.15) is 0 Å². The number of imidazole rings is 1. The van der Waals surface area contributed by atoms with Crippen LogP contribution in [0.25, 0.3) is 11.2 Å². The fraction of sp³-hybridized carbons (Fsp3) is 0.571. The molecule has 4 heteroatoms. The van der Waals surface area contributed by atoms with E-state index in [0.29, 0.717) is 12.0 Å². The first-order valence-corrected chi connectivity index (χ1v) is 7.01. The smallest absolute Gasteiger partial charge is 0.179 e. The van der Waals surface area contributed by atoms with Gasteiger partial charge in [-0.2, -0.15) is 0 Å². The molecule has 0 saturated carbocycles. The van der Waals surface area contributed by atoms with Crippen LogP contribution in [0, 0.1) is 17.6 Å². The average molecular weight is 263 g/mol. The molecule has 3 nitrogen and oxygen atoms in total. The van der Waals surface area contributed by atoms with Gasteiger partial charge in [0.05, 0.1) is 5.52 Å². The summed E-state index contributed by atoms with van der Waals surface area (Å²) in [5.74, 6) is 0.705. The van der Waals surface area contributed by atoms with Gasteiger partial charge in [-0.1, -0.05) is 20.3 Å². The van der Waals surface area contributed by atoms with Crippen molar-refractivity contribution in [3.8, 4) is 0 Å². The van der Waals surface area contributed by atoms with E-state index >= 15 is 0 Å². The Balaban J connectivity index is 2.47. The highest BCUT2D eigenvalue weighted by molar-refractivity contribution is 7.71. The summed E-state index contributed by atoms with van der Waals surface area (Å²) in [5.41, 5.74) is 3.25. The number of hydrogen-bond donors (Lipinski definition) is 1. The zero-order valence-corrected chi connectivity index (χ0v) is 12.3. The van der Waals surface area contributed by atoms with Gasteiger partial charge in [0.15, 0.2) is 10.4 Å². The molecule has 0 aliphatic carbocycles. The number of rotatable bonds is 4. The van der Waals surface area contributed by atoms with Crippen molar-refractivity contribution in [2.45, 2.75) is 46.6 Å². The summed E-state index contributed by atoms with van der Waals surface area (Å²) in [6, 6.07) is 2.40. The first kappa shape index (κ1) is 13.3. The number of hydrogen-bond acceptors (Lipinski definition) is 2. The largest absolute Gasteiger partial charge is 0.329 e. The molecule has 0 spiro atoms. The average Bonchev–Trinajstić information content (AvgIpc) is 2.67. The molecule has 0 aromatic carbocycles. The minimum Gasteiger partial charge on any atom is -0.329 e. The molecule has 1 N–H and O–H groups in total. The first-order valence-electron chi connectivity index (χ1n) is 6.60. The Morgan fingerprint density at radius 1 is 1.44 bits per heavy atom. The molecule has 0 amide bonds. The lowest BCUT2D eigenvalue weighted by atomic mass is 10.0. The molecule has 2 aromatic heterocycles. The zero-order chi connectivity index (χ0) is 13.3. The Hall–Kier alpha value is -1.16. The molecule has 2 unspecified atom stereocenters. The number of aromatic nitrogens is 3. The maximum atomic E-state index is 5.45. The first-order chi connectivity index (χ1) is 8.54. The van der Waals surface area contributed by atoms with Gasteiger partial charge in [-0.15, -0.1) is 0 Å². The number of pyridine rings is 1. The molecule has 0 bridgehead atoms. The van der Waals surface area contributed by atoms with Crippen molar-refractivity contribution < 1.29 is 0 Å². The fourth-order valence-corrected chi connectivity index (χ4v) is 2.78. The lowest BCUT2D eigenvalue weighted by Gasteiger charge is -2.17. The summed E-state index contributed by atoms with van der Waals surface area (Å²) in [6.07, 6.45) is 4.19. The molecule has 2 heterocycles. The molecular weight excluding hydrogens is 242 g/mol. The van der Waals surface area contributed by atoms with Gasteiger partial charge in [0.2, 0.25) is 0 Å². The summed E-state index contributed by atoms with van der Waals surface area (Å²) < 4.78 is 2.94. The Labute approximate surface area is 113 Å². The van der Waals surface area contributed by atoms with E-state index in [1.807, 2.05) is 12.3 Å². The van der Waals surface area contributed by atoms with Crippen LogP contribution in [0.2, 0.25) is 0 Å². The van der Waals surface area contributed by atoms with Crippen LogP contribution in [0.1, 0.15) is 45.2 Å². The van der Waals surface area contributed by atoms with Crippen molar-refractivity contribution in [3.63, 3.8) is 0 Å². The quantitative estimate of drug-likeness (QED) is 0.829. The van der Waals surface area contributed by atoms with Crippen molar-refractivity contribution in [2.24, 2.45) is 5.92 Å². The monoisotopic (exact) mass is 263 g/mol. The Morgan fingerprint density at radius 3 is 2.83 bits per heavy atom. The van der Waals surface area contributed by atoms with Crippen LogP contribution in [0.5, 0.6) is 0 Å². The minimum absolute atomic E-state index is 0.385. The van der Waals surface area contributed by atoms with Gasteiger partial charge in [0.25, 0.3) is 0 Å². The van der Waals surface area contributed by atoms with E-state index in [4.69, 9.17) is 12.2 Å². The number of H-pyrrole nitrogens is 1. The van der Waals surface area contributed by atoms with Crippen LogP contribution >= 0.6 is 12.2 Å². The molecule has 0 aliphatic rings. The third kappa shape index (κ3) is 2.34. The Kier molecular flexibility index (Phi) is 3.85. The highest BCUT2D eigenvalue weighted by Gasteiger charge is 2.15. The summed E-state index contributed by atoms with van der Waals surface area (Å²) in [7, 11) is 0. The number of aromatic amines is 1.